The number of halogens is 3. The van der Waals surface area contributed by atoms with Gasteiger partial charge in [0.2, 0.25) is 5.91 Å². The van der Waals surface area contributed by atoms with Crippen LogP contribution in [0.1, 0.15) is 30.1 Å². The molecule has 0 aliphatic carbocycles. The zero-order chi connectivity index (χ0) is 38.1. The van der Waals surface area contributed by atoms with Crippen molar-refractivity contribution in [2.45, 2.75) is 32.9 Å². The van der Waals surface area contributed by atoms with E-state index in [9.17, 15) is 23.2 Å². The normalized spacial score (nSPS) is 16.2. The summed E-state index contributed by atoms with van der Waals surface area (Å²) in [6.45, 7) is 4.30. The quantitative estimate of drug-likeness (QED) is 0.169. The zero-order valence-electron chi connectivity index (χ0n) is 29.2. The van der Waals surface area contributed by atoms with Crippen LogP contribution in [0.15, 0.2) is 49.1 Å². The van der Waals surface area contributed by atoms with Crippen LogP contribution in [0.2, 0.25) is 5.02 Å². The topological polar surface area (TPSA) is 177 Å². The Balaban J connectivity index is 0.00000175. The third-order valence-electron chi connectivity index (χ3n) is 9.34. The SMILES string of the molecule is COC(=O)C1(C)CCN(CCN2CCN(C(=O)Cn3cc(NC(=O)c4cnn5cccnc45)c(-c4cc(Cl)ccc4OC(F)F)n3)CC2)CC1.O=CO. The Hall–Kier alpha value is -5.20. The van der Waals surface area contributed by atoms with Crippen molar-refractivity contribution in [2.75, 3.05) is 64.8 Å². The summed E-state index contributed by atoms with van der Waals surface area (Å²) in [6.07, 6.45) is 7.53. The van der Waals surface area contributed by atoms with Crippen LogP contribution in [0.25, 0.3) is 16.9 Å². The van der Waals surface area contributed by atoms with Crippen LogP contribution in [0, 0.1) is 5.41 Å². The highest BCUT2D eigenvalue weighted by atomic mass is 35.5. The number of alkyl halides is 2. The molecule has 284 valence electrons. The molecule has 53 heavy (non-hydrogen) atoms. The van der Waals surface area contributed by atoms with Crippen molar-refractivity contribution >= 4 is 47.2 Å². The lowest BCUT2D eigenvalue weighted by atomic mass is 9.80. The maximum absolute atomic E-state index is 13.4. The molecule has 0 unspecified atom stereocenters. The summed E-state index contributed by atoms with van der Waals surface area (Å²) >= 11 is 6.24. The highest BCUT2D eigenvalue weighted by Gasteiger charge is 2.38. The van der Waals surface area contributed by atoms with E-state index in [0.717, 1.165) is 39.0 Å². The lowest BCUT2D eigenvalue weighted by molar-refractivity contribution is -0.154. The minimum atomic E-state index is -3.12. The fraction of sp³-hybridized carbons (Fsp3) is 0.441. The number of piperidine rings is 1. The Bertz CT molecular complexity index is 1910. The molecule has 0 atom stereocenters. The van der Waals surface area contributed by atoms with E-state index in [-0.39, 0.29) is 58.2 Å². The summed E-state index contributed by atoms with van der Waals surface area (Å²) in [5.74, 6) is -1.10. The number of piperazine rings is 1. The molecule has 16 nitrogen and oxygen atoms in total. The van der Waals surface area contributed by atoms with E-state index in [1.165, 1.54) is 53.1 Å². The number of rotatable bonds is 11. The Morgan fingerprint density at radius 1 is 1.09 bits per heavy atom. The average Bonchev–Trinajstić information content (AvgIpc) is 3.76. The summed E-state index contributed by atoms with van der Waals surface area (Å²) in [6, 6.07) is 5.77. The van der Waals surface area contributed by atoms with Crippen LogP contribution in [-0.4, -0.2) is 135 Å². The first kappa shape index (κ1) is 39.0. The molecule has 2 saturated heterocycles. The monoisotopic (exact) mass is 759 g/mol. The minimum Gasteiger partial charge on any atom is -0.483 e. The van der Waals surface area contributed by atoms with Crippen molar-refractivity contribution in [3.8, 4) is 17.0 Å². The molecule has 6 rings (SSSR count). The second kappa shape index (κ2) is 17.5. The predicted molar refractivity (Wildman–Crippen MR) is 188 cm³/mol. The number of methoxy groups -OCH3 is 1. The predicted octanol–water partition coefficient (Wildman–Crippen LogP) is 3.22. The second-order valence-corrected chi connectivity index (χ2v) is 13.2. The summed E-state index contributed by atoms with van der Waals surface area (Å²) in [4.78, 5) is 58.0. The lowest BCUT2D eigenvalue weighted by Crippen LogP contribution is -2.51. The standard InChI is InChI=1S/C33H38ClF2N9O5.CH2O2/c1-33(31(48)49-2)6-10-41(11-7-33)12-13-42-14-16-43(17-15-42)27(46)21-44-20-25(39-30(47)24-19-38-45-9-3-8-37-29(24)45)28(40-44)23-18-22(34)4-5-26(23)50-32(35)36;2-1-3/h3-5,8-9,18-20,32H,6-7,10-17,21H2,1-2H3,(H,39,47);1H,(H,2,3). The molecule has 3 aromatic heterocycles. The van der Waals surface area contributed by atoms with E-state index in [2.05, 4.69) is 30.3 Å². The fourth-order valence-electron chi connectivity index (χ4n) is 6.32. The molecular formula is C34H40ClF2N9O7. The van der Waals surface area contributed by atoms with Gasteiger partial charge in [0.05, 0.1) is 24.4 Å². The highest BCUT2D eigenvalue weighted by Crippen LogP contribution is 2.37. The van der Waals surface area contributed by atoms with E-state index >= 15 is 0 Å². The number of carbonyl (C=O) groups is 4. The smallest absolute Gasteiger partial charge is 0.387 e. The van der Waals surface area contributed by atoms with E-state index in [0.29, 0.717) is 31.8 Å². The van der Waals surface area contributed by atoms with Crippen molar-refractivity contribution in [3.05, 3.63) is 59.6 Å². The first-order chi connectivity index (χ1) is 25.4. The Kier molecular flexibility index (Phi) is 12.9. The molecule has 19 heteroatoms. The van der Waals surface area contributed by atoms with Crippen LogP contribution < -0.4 is 10.1 Å². The molecule has 2 aliphatic heterocycles. The lowest BCUT2D eigenvalue weighted by Gasteiger charge is -2.39. The number of anilines is 1. The van der Waals surface area contributed by atoms with Gasteiger partial charge < -0.3 is 29.7 Å². The van der Waals surface area contributed by atoms with Gasteiger partial charge in [-0.1, -0.05) is 11.6 Å². The molecule has 1 aromatic carbocycles. The number of amides is 2. The number of likely N-dealkylation sites (tertiary alicyclic amines) is 1. The van der Waals surface area contributed by atoms with Crippen LogP contribution in [-0.2, 0) is 25.7 Å². The molecule has 5 heterocycles. The van der Waals surface area contributed by atoms with Crippen molar-refractivity contribution in [3.63, 3.8) is 0 Å². The molecule has 2 N–H and O–H groups in total. The summed E-state index contributed by atoms with van der Waals surface area (Å²) in [5.41, 5.74) is 0.400. The number of fused-ring (bicyclic) bond motifs is 1. The number of hydrogen-bond acceptors (Lipinski definition) is 11. The largest absolute Gasteiger partial charge is 0.483 e. The van der Waals surface area contributed by atoms with Gasteiger partial charge in [-0.2, -0.15) is 19.0 Å². The summed E-state index contributed by atoms with van der Waals surface area (Å²) in [5, 5.41) is 18.6. The van der Waals surface area contributed by atoms with Gasteiger partial charge in [0.1, 0.15) is 23.6 Å². The summed E-state index contributed by atoms with van der Waals surface area (Å²) < 4.78 is 39.2. The Morgan fingerprint density at radius 3 is 2.43 bits per heavy atom. The van der Waals surface area contributed by atoms with Gasteiger partial charge in [0, 0.05) is 68.4 Å². The number of nitrogens with one attached hydrogen (secondary N) is 1. The van der Waals surface area contributed by atoms with E-state index < -0.39 is 17.9 Å². The summed E-state index contributed by atoms with van der Waals surface area (Å²) in [7, 11) is 1.43. The van der Waals surface area contributed by atoms with Gasteiger partial charge in [-0.25, -0.2) is 9.50 Å². The van der Waals surface area contributed by atoms with Crippen LogP contribution in [0.4, 0.5) is 14.5 Å². The van der Waals surface area contributed by atoms with E-state index in [1.54, 1.807) is 17.2 Å². The number of nitrogens with zero attached hydrogens (tertiary/aromatic N) is 8. The minimum absolute atomic E-state index is 0.0863. The molecule has 0 saturated carbocycles. The molecule has 0 bridgehead atoms. The average molecular weight is 760 g/mol. The van der Waals surface area contributed by atoms with Crippen molar-refractivity contribution in [1.29, 1.82) is 0 Å². The van der Waals surface area contributed by atoms with Crippen LogP contribution in [0.5, 0.6) is 5.75 Å². The third-order valence-corrected chi connectivity index (χ3v) is 9.57. The number of carbonyl (C=O) groups excluding carboxylic acids is 3. The molecule has 2 aliphatic rings. The molecule has 4 aromatic rings. The van der Waals surface area contributed by atoms with Gasteiger partial charge in [0.15, 0.2) is 5.65 Å². The Morgan fingerprint density at radius 2 is 1.77 bits per heavy atom. The van der Waals surface area contributed by atoms with E-state index in [4.69, 9.17) is 31.0 Å². The van der Waals surface area contributed by atoms with Crippen molar-refractivity contribution < 1.29 is 42.5 Å². The Labute approximate surface area is 308 Å². The highest BCUT2D eigenvalue weighted by molar-refractivity contribution is 6.31. The van der Waals surface area contributed by atoms with Gasteiger partial charge in [-0.05, 0) is 57.1 Å². The molecular weight excluding hydrogens is 720 g/mol. The van der Waals surface area contributed by atoms with Gasteiger partial charge in [-0.15, -0.1) is 0 Å². The fourth-order valence-corrected chi connectivity index (χ4v) is 6.49. The number of benzene rings is 1. The van der Waals surface area contributed by atoms with Gasteiger partial charge in [-0.3, -0.25) is 28.8 Å². The van der Waals surface area contributed by atoms with Crippen molar-refractivity contribution in [1.82, 2.24) is 39.1 Å². The number of hydrogen-bond donors (Lipinski definition) is 2. The molecule has 2 fully saturated rings. The third kappa shape index (κ3) is 9.62. The molecule has 0 radical (unpaired) electrons. The number of aromatic nitrogens is 5. The second-order valence-electron chi connectivity index (χ2n) is 12.7. The van der Waals surface area contributed by atoms with Crippen LogP contribution in [0.3, 0.4) is 0 Å². The first-order valence-electron chi connectivity index (χ1n) is 16.7. The number of carboxylic acid groups (broad SMARTS) is 1. The van der Waals surface area contributed by atoms with Gasteiger partial charge >= 0.3 is 12.6 Å². The molecule has 2 amide bonds. The number of ether oxygens (including phenoxy) is 2. The maximum atomic E-state index is 13.4. The molecule has 0 spiro atoms. The van der Waals surface area contributed by atoms with Gasteiger partial charge in [0.25, 0.3) is 12.4 Å². The maximum Gasteiger partial charge on any atom is 0.387 e. The van der Waals surface area contributed by atoms with Crippen molar-refractivity contribution in [2.24, 2.45) is 5.41 Å². The van der Waals surface area contributed by atoms with E-state index in [1.807, 2.05) is 6.92 Å². The van der Waals surface area contributed by atoms with Crippen LogP contribution >= 0.6 is 11.6 Å². The number of esters is 1. The zero-order valence-corrected chi connectivity index (χ0v) is 29.9. The first-order valence-corrected chi connectivity index (χ1v) is 17.1.